The molecule has 0 spiro atoms. The minimum absolute atomic E-state index is 0.279. The molecule has 1 N–H and O–H groups in total. The number of urea groups is 1. The zero-order valence-corrected chi connectivity index (χ0v) is 15.3. The number of rotatable bonds is 4. The van der Waals surface area contributed by atoms with Crippen LogP contribution in [0.25, 0.3) is 11.4 Å². The van der Waals surface area contributed by atoms with Gasteiger partial charge >= 0.3 is 6.03 Å². The maximum Gasteiger partial charge on any atom is 0.322 e. The third-order valence-electron chi connectivity index (χ3n) is 4.68. The van der Waals surface area contributed by atoms with Gasteiger partial charge in [0.25, 0.3) is 0 Å². The smallest absolute Gasteiger partial charge is 0.322 e. The number of ether oxygens (including phenoxy) is 1. The molecule has 1 atom stereocenters. The zero-order valence-electron chi connectivity index (χ0n) is 15.3. The topological polar surface area (TPSA) is 80.5 Å². The van der Waals surface area contributed by atoms with Crippen LogP contribution >= 0.6 is 0 Å². The molecule has 0 saturated carbocycles. The van der Waals surface area contributed by atoms with E-state index in [4.69, 9.17) is 9.26 Å². The first-order chi connectivity index (χ1) is 13.6. The van der Waals surface area contributed by atoms with Gasteiger partial charge in [-0.15, -0.1) is 0 Å². The van der Waals surface area contributed by atoms with E-state index < -0.39 is 0 Å². The number of halogens is 1. The van der Waals surface area contributed by atoms with E-state index in [2.05, 4.69) is 15.5 Å². The largest absolute Gasteiger partial charge is 0.497 e. The Balaban J connectivity index is 1.49. The molecule has 144 valence electrons. The third-order valence-corrected chi connectivity index (χ3v) is 4.68. The average Bonchev–Trinajstić information content (AvgIpc) is 3.39. The van der Waals surface area contributed by atoms with Gasteiger partial charge in [0.05, 0.1) is 7.11 Å². The van der Waals surface area contributed by atoms with E-state index in [-0.39, 0.29) is 17.9 Å². The van der Waals surface area contributed by atoms with Gasteiger partial charge in [-0.2, -0.15) is 4.98 Å². The van der Waals surface area contributed by atoms with Crippen molar-refractivity contribution in [3.05, 3.63) is 60.2 Å². The van der Waals surface area contributed by atoms with Crippen LogP contribution in [0.3, 0.4) is 0 Å². The van der Waals surface area contributed by atoms with Crippen LogP contribution in [0.1, 0.15) is 24.8 Å². The first-order valence-corrected chi connectivity index (χ1v) is 8.95. The SMILES string of the molecule is COc1ccc(-c2noc(C3CCCN3C(=O)Nc3ccc(F)cc3)n2)cc1. The molecule has 3 aromatic rings. The molecule has 0 aliphatic carbocycles. The molecule has 1 aliphatic rings. The molecule has 0 radical (unpaired) electrons. The maximum atomic E-state index is 13.0. The standard InChI is InChI=1S/C20H19FN4O3/c1-27-16-10-4-13(5-11-16)18-23-19(28-24-18)17-3-2-12-25(17)20(26)22-15-8-6-14(21)7-9-15/h4-11,17H,2-3,12H2,1H3,(H,22,26). The van der Waals surface area contributed by atoms with E-state index in [0.29, 0.717) is 23.9 Å². The van der Waals surface area contributed by atoms with Crippen molar-refractivity contribution in [1.82, 2.24) is 15.0 Å². The van der Waals surface area contributed by atoms with Gasteiger partial charge in [0.2, 0.25) is 11.7 Å². The van der Waals surface area contributed by atoms with Gasteiger partial charge < -0.3 is 19.5 Å². The first-order valence-electron chi connectivity index (χ1n) is 8.95. The number of benzene rings is 2. The van der Waals surface area contributed by atoms with Gasteiger partial charge in [-0.05, 0) is 61.4 Å². The summed E-state index contributed by atoms with van der Waals surface area (Å²) in [4.78, 5) is 18.8. The second kappa shape index (κ2) is 7.67. The van der Waals surface area contributed by atoms with Crippen molar-refractivity contribution in [3.63, 3.8) is 0 Å². The molecule has 2 aromatic carbocycles. The van der Waals surface area contributed by atoms with Crippen molar-refractivity contribution in [2.24, 2.45) is 0 Å². The summed E-state index contributed by atoms with van der Waals surface area (Å²) in [6, 6.07) is 12.4. The molecule has 2 heterocycles. The molecule has 1 saturated heterocycles. The van der Waals surface area contributed by atoms with Gasteiger partial charge in [0, 0.05) is 17.8 Å². The van der Waals surface area contributed by atoms with Gasteiger partial charge in [0.1, 0.15) is 17.6 Å². The van der Waals surface area contributed by atoms with E-state index in [1.165, 1.54) is 24.3 Å². The lowest BCUT2D eigenvalue weighted by Crippen LogP contribution is -2.34. The van der Waals surface area contributed by atoms with Crippen LogP contribution < -0.4 is 10.1 Å². The minimum atomic E-state index is -0.353. The number of likely N-dealkylation sites (tertiary alicyclic amines) is 1. The number of nitrogens with one attached hydrogen (secondary N) is 1. The van der Waals surface area contributed by atoms with Crippen LogP contribution in [0.15, 0.2) is 53.1 Å². The van der Waals surface area contributed by atoms with Gasteiger partial charge in [-0.1, -0.05) is 5.16 Å². The summed E-state index contributed by atoms with van der Waals surface area (Å²) < 4.78 is 23.6. The summed E-state index contributed by atoms with van der Waals surface area (Å²) >= 11 is 0. The predicted octanol–water partition coefficient (Wildman–Crippen LogP) is 4.25. The number of anilines is 1. The highest BCUT2D eigenvalue weighted by molar-refractivity contribution is 5.89. The Bertz CT molecular complexity index is 956. The predicted molar refractivity (Wildman–Crippen MR) is 100 cm³/mol. The lowest BCUT2D eigenvalue weighted by atomic mass is 10.2. The highest BCUT2D eigenvalue weighted by Crippen LogP contribution is 2.32. The molecule has 1 aliphatic heterocycles. The molecule has 1 fully saturated rings. The summed E-state index contributed by atoms with van der Waals surface area (Å²) in [5.74, 6) is 1.25. The molecule has 4 rings (SSSR count). The number of hydrogen-bond donors (Lipinski definition) is 1. The first kappa shape index (κ1) is 18.0. The summed E-state index contributed by atoms with van der Waals surface area (Å²) in [5, 5.41) is 6.83. The Hall–Kier alpha value is -3.42. The monoisotopic (exact) mass is 382 g/mol. The summed E-state index contributed by atoms with van der Waals surface area (Å²) in [7, 11) is 1.60. The van der Waals surface area contributed by atoms with E-state index in [9.17, 15) is 9.18 Å². The van der Waals surface area contributed by atoms with Crippen LogP contribution in [0, 0.1) is 5.82 Å². The molecule has 1 unspecified atom stereocenters. The number of aromatic nitrogens is 2. The summed E-state index contributed by atoms with van der Waals surface area (Å²) in [6.45, 7) is 0.581. The van der Waals surface area contributed by atoms with Crippen molar-refractivity contribution in [2.75, 3.05) is 19.0 Å². The van der Waals surface area contributed by atoms with E-state index in [0.717, 1.165) is 24.2 Å². The molecule has 7 nitrogen and oxygen atoms in total. The van der Waals surface area contributed by atoms with Crippen molar-refractivity contribution in [1.29, 1.82) is 0 Å². The normalized spacial score (nSPS) is 16.2. The Morgan fingerprint density at radius 1 is 1.21 bits per heavy atom. The summed E-state index contributed by atoms with van der Waals surface area (Å²) in [5.41, 5.74) is 1.33. The third kappa shape index (κ3) is 3.66. The number of carbonyl (C=O) groups excluding carboxylic acids is 1. The molecular formula is C20H19FN4O3. The Kier molecular flexibility index (Phi) is 4.92. The number of carbonyl (C=O) groups is 1. The second-order valence-corrected chi connectivity index (χ2v) is 6.47. The zero-order chi connectivity index (χ0) is 19.5. The van der Waals surface area contributed by atoms with Crippen LogP contribution in [-0.2, 0) is 0 Å². The molecule has 1 aromatic heterocycles. The number of amides is 2. The van der Waals surface area contributed by atoms with Crippen LogP contribution in [0.5, 0.6) is 5.75 Å². The minimum Gasteiger partial charge on any atom is -0.497 e. The maximum absolute atomic E-state index is 13.0. The molecule has 2 amide bonds. The highest BCUT2D eigenvalue weighted by Gasteiger charge is 2.34. The number of nitrogens with zero attached hydrogens (tertiary/aromatic N) is 3. The molecule has 0 bridgehead atoms. The van der Waals surface area contributed by atoms with Crippen molar-refractivity contribution >= 4 is 11.7 Å². The van der Waals surface area contributed by atoms with Crippen molar-refractivity contribution in [2.45, 2.75) is 18.9 Å². The van der Waals surface area contributed by atoms with Crippen molar-refractivity contribution < 1.29 is 18.4 Å². The van der Waals surface area contributed by atoms with Crippen LogP contribution in [0.4, 0.5) is 14.9 Å². The quantitative estimate of drug-likeness (QED) is 0.729. The fourth-order valence-electron chi connectivity index (χ4n) is 3.22. The van der Waals surface area contributed by atoms with Gasteiger partial charge in [-0.25, -0.2) is 9.18 Å². The fourth-order valence-corrected chi connectivity index (χ4v) is 3.22. The van der Waals surface area contributed by atoms with E-state index >= 15 is 0 Å². The molecule has 28 heavy (non-hydrogen) atoms. The number of methoxy groups -OCH3 is 1. The molecule has 8 heteroatoms. The fraction of sp³-hybridized carbons (Fsp3) is 0.250. The summed E-state index contributed by atoms with van der Waals surface area (Å²) in [6.07, 6.45) is 1.57. The van der Waals surface area contributed by atoms with E-state index in [1.54, 1.807) is 12.0 Å². The number of hydrogen-bond acceptors (Lipinski definition) is 5. The lowest BCUT2D eigenvalue weighted by molar-refractivity contribution is 0.193. The Morgan fingerprint density at radius 3 is 2.68 bits per heavy atom. The van der Waals surface area contributed by atoms with Gasteiger partial charge in [0.15, 0.2) is 0 Å². The molecular weight excluding hydrogens is 363 g/mol. The van der Waals surface area contributed by atoms with E-state index in [1.807, 2.05) is 24.3 Å². The Morgan fingerprint density at radius 2 is 1.96 bits per heavy atom. The van der Waals surface area contributed by atoms with Crippen LogP contribution in [0.2, 0.25) is 0 Å². The average molecular weight is 382 g/mol. The Labute approximate surface area is 161 Å². The lowest BCUT2D eigenvalue weighted by Gasteiger charge is -2.22. The van der Waals surface area contributed by atoms with Gasteiger partial charge in [-0.3, -0.25) is 0 Å². The second-order valence-electron chi connectivity index (χ2n) is 6.47. The highest BCUT2D eigenvalue weighted by atomic mass is 19.1. The van der Waals surface area contributed by atoms with Crippen LogP contribution in [-0.4, -0.2) is 34.7 Å². The van der Waals surface area contributed by atoms with Crippen molar-refractivity contribution in [3.8, 4) is 17.1 Å².